The number of nitrogen functional groups attached to an aromatic ring is 2. The molecule has 3 aromatic carbocycles. The van der Waals surface area contributed by atoms with Gasteiger partial charge in [0.05, 0.1) is 22.0 Å². The minimum Gasteiger partial charge on any atom is -0.397 e. The van der Waals surface area contributed by atoms with Gasteiger partial charge in [0.15, 0.2) is 9.84 Å². The van der Waals surface area contributed by atoms with Crippen LogP contribution < -0.4 is 21.7 Å². The molecule has 1 fully saturated rings. The zero-order valence-electron chi connectivity index (χ0n) is 20.2. The van der Waals surface area contributed by atoms with E-state index in [0.29, 0.717) is 30.0 Å². The Morgan fingerprint density at radius 3 is 2.22 bits per heavy atom. The molecule has 2 amide bonds. The second kappa shape index (κ2) is 10.5. The molecule has 0 aromatic heterocycles. The summed E-state index contributed by atoms with van der Waals surface area (Å²) in [6.07, 6.45) is 1.03. The van der Waals surface area contributed by atoms with Gasteiger partial charge >= 0.3 is 0 Å². The number of anilines is 3. The number of hydrogen-bond acceptors (Lipinski definition) is 7. The van der Waals surface area contributed by atoms with E-state index < -0.39 is 27.6 Å². The number of nitrogens with zero attached hydrogens (tertiary/aromatic N) is 2. The summed E-state index contributed by atoms with van der Waals surface area (Å²) in [6, 6.07) is 16.1. The molecule has 0 unspecified atom stereocenters. The van der Waals surface area contributed by atoms with Gasteiger partial charge in [-0.15, -0.1) is 0 Å². The van der Waals surface area contributed by atoms with Crippen LogP contribution in [0.25, 0.3) is 0 Å². The molecule has 1 saturated heterocycles. The molecule has 5 N–H and O–H groups in total. The summed E-state index contributed by atoms with van der Waals surface area (Å²) in [5.41, 5.74) is 13.5. The first kappa shape index (κ1) is 26.0. The molecular formula is C26H28FN5O4S. The number of nitrogens with one attached hydrogen (secondary N) is 1. The summed E-state index contributed by atoms with van der Waals surface area (Å²) in [4.78, 5) is 29.9. The van der Waals surface area contributed by atoms with Crippen LogP contribution in [-0.2, 0) is 14.6 Å². The van der Waals surface area contributed by atoms with E-state index in [1.165, 1.54) is 30.3 Å². The van der Waals surface area contributed by atoms with Crippen LogP contribution in [0.1, 0.15) is 22.0 Å². The van der Waals surface area contributed by atoms with Gasteiger partial charge in [0.2, 0.25) is 5.91 Å². The van der Waals surface area contributed by atoms with Crippen LogP contribution in [0.4, 0.5) is 21.5 Å². The molecule has 0 bridgehead atoms. The first-order valence-electron chi connectivity index (χ1n) is 11.6. The summed E-state index contributed by atoms with van der Waals surface area (Å²) in [7, 11) is -3.66. The molecule has 9 nitrogen and oxygen atoms in total. The molecule has 1 heterocycles. The normalized spacial score (nSPS) is 14.8. The average Bonchev–Trinajstić information content (AvgIpc) is 2.88. The average molecular weight is 526 g/mol. The highest BCUT2D eigenvalue weighted by molar-refractivity contribution is 7.90. The van der Waals surface area contributed by atoms with Crippen molar-refractivity contribution in [1.82, 2.24) is 10.2 Å². The Balaban J connectivity index is 1.53. The Kier molecular flexibility index (Phi) is 7.35. The lowest BCUT2D eigenvalue weighted by molar-refractivity contribution is -0.133. The molecule has 1 aliphatic heterocycles. The highest BCUT2D eigenvalue weighted by atomic mass is 32.2. The Morgan fingerprint density at radius 1 is 0.919 bits per heavy atom. The van der Waals surface area contributed by atoms with Crippen LogP contribution in [0.2, 0.25) is 0 Å². The third kappa shape index (κ3) is 5.83. The molecule has 194 valence electrons. The smallest absolute Gasteiger partial charge is 0.252 e. The van der Waals surface area contributed by atoms with E-state index >= 15 is 0 Å². The third-order valence-corrected chi connectivity index (χ3v) is 7.38. The second-order valence-corrected chi connectivity index (χ2v) is 10.8. The van der Waals surface area contributed by atoms with Gasteiger partial charge in [0, 0.05) is 38.0 Å². The maximum Gasteiger partial charge on any atom is 0.252 e. The van der Waals surface area contributed by atoms with Gasteiger partial charge in [-0.1, -0.05) is 30.3 Å². The van der Waals surface area contributed by atoms with Gasteiger partial charge in [-0.3, -0.25) is 9.59 Å². The number of amides is 2. The predicted molar refractivity (Wildman–Crippen MR) is 140 cm³/mol. The van der Waals surface area contributed by atoms with E-state index in [0.717, 1.165) is 12.3 Å². The van der Waals surface area contributed by atoms with Gasteiger partial charge in [-0.2, -0.15) is 0 Å². The predicted octanol–water partition coefficient (Wildman–Crippen LogP) is 2.21. The SMILES string of the molecule is CS(=O)(=O)c1cc(F)ccc1N1CCN(C(=O)[C@H](NC(=O)c2ccc(N)c(N)c2)c2ccccc2)CC1. The largest absolute Gasteiger partial charge is 0.397 e. The number of sulfone groups is 1. The topological polar surface area (TPSA) is 139 Å². The van der Waals surface area contributed by atoms with Crippen molar-refractivity contribution < 1.29 is 22.4 Å². The van der Waals surface area contributed by atoms with Gasteiger partial charge in [-0.25, -0.2) is 12.8 Å². The van der Waals surface area contributed by atoms with E-state index in [2.05, 4.69) is 5.32 Å². The van der Waals surface area contributed by atoms with Crippen LogP contribution in [-0.4, -0.2) is 57.6 Å². The Labute approximate surface area is 214 Å². The molecule has 4 rings (SSSR count). The van der Waals surface area contributed by atoms with E-state index in [1.807, 2.05) is 11.0 Å². The zero-order chi connectivity index (χ0) is 26.7. The minimum atomic E-state index is -3.66. The maximum atomic E-state index is 13.7. The van der Waals surface area contributed by atoms with E-state index in [1.54, 1.807) is 29.2 Å². The van der Waals surface area contributed by atoms with Crippen molar-refractivity contribution in [2.24, 2.45) is 0 Å². The summed E-state index contributed by atoms with van der Waals surface area (Å²) >= 11 is 0. The lowest BCUT2D eigenvalue weighted by atomic mass is 10.0. The lowest BCUT2D eigenvalue weighted by Crippen LogP contribution is -2.52. The van der Waals surface area contributed by atoms with Crippen LogP contribution in [0.3, 0.4) is 0 Å². The number of rotatable bonds is 6. The number of nitrogens with two attached hydrogens (primary N) is 2. The standard InChI is InChI=1S/C26H28FN5O4S/c1-37(35,36)23-16-19(27)8-10-22(23)31-11-13-32(14-12-31)26(34)24(17-5-3-2-4-6-17)30-25(33)18-7-9-20(28)21(29)15-18/h2-10,15-16,24H,11-14,28-29H2,1H3,(H,30,33)/t24-/m1/s1. The molecule has 0 aliphatic carbocycles. The zero-order valence-corrected chi connectivity index (χ0v) is 21.0. The van der Waals surface area contributed by atoms with Crippen molar-refractivity contribution >= 4 is 38.7 Å². The van der Waals surface area contributed by atoms with Crippen molar-refractivity contribution in [1.29, 1.82) is 0 Å². The fourth-order valence-electron chi connectivity index (χ4n) is 4.26. The number of carbonyl (C=O) groups excluding carboxylic acids is 2. The Morgan fingerprint density at radius 2 is 1.59 bits per heavy atom. The highest BCUT2D eigenvalue weighted by Crippen LogP contribution is 2.28. The highest BCUT2D eigenvalue weighted by Gasteiger charge is 2.31. The van der Waals surface area contributed by atoms with E-state index in [-0.39, 0.29) is 35.1 Å². The first-order chi connectivity index (χ1) is 17.5. The Hall–Kier alpha value is -4.12. The summed E-state index contributed by atoms with van der Waals surface area (Å²) in [5, 5.41) is 2.81. The van der Waals surface area contributed by atoms with Crippen LogP contribution in [0, 0.1) is 5.82 Å². The molecule has 11 heteroatoms. The molecule has 3 aromatic rings. The summed E-state index contributed by atoms with van der Waals surface area (Å²) in [5.74, 6) is -1.41. The van der Waals surface area contributed by atoms with Crippen LogP contribution in [0.15, 0.2) is 71.6 Å². The number of hydrogen-bond donors (Lipinski definition) is 3. The van der Waals surface area contributed by atoms with E-state index in [4.69, 9.17) is 11.5 Å². The fourth-order valence-corrected chi connectivity index (χ4v) is 5.16. The summed E-state index contributed by atoms with van der Waals surface area (Å²) < 4.78 is 38.2. The fraction of sp³-hybridized carbons (Fsp3) is 0.231. The molecule has 1 atom stereocenters. The maximum absolute atomic E-state index is 13.7. The molecule has 0 spiro atoms. The van der Waals surface area contributed by atoms with Crippen molar-refractivity contribution in [2.75, 3.05) is 48.8 Å². The monoisotopic (exact) mass is 525 g/mol. The van der Waals surface area contributed by atoms with Gasteiger partial charge in [-0.05, 0) is 42.0 Å². The van der Waals surface area contributed by atoms with Gasteiger partial charge in [0.1, 0.15) is 11.9 Å². The molecule has 0 radical (unpaired) electrons. The van der Waals surface area contributed by atoms with Crippen LogP contribution in [0.5, 0.6) is 0 Å². The first-order valence-corrected chi connectivity index (χ1v) is 13.5. The molecule has 0 saturated carbocycles. The van der Waals surface area contributed by atoms with E-state index in [9.17, 15) is 22.4 Å². The van der Waals surface area contributed by atoms with Gasteiger partial charge in [0.25, 0.3) is 5.91 Å². The molecule has 37 heavy (non-hydrogen) atoms. The lowest BCUT2D eigenvalue weighted by Gasteiger charge is -2.38. The number of benzene rings is 3. The van der Waals surface area contributed by atoms with Gasteiger partial charge < -0.3 is 26.6 Å². The number of carbonyl (C=O) groups is 2. The Bertz CT molecular complexity index is 1420. The minimum absolute atomic E-state index is 0.0931. The number of halogens is 1. The third-order valence-electron chi connectivity index (χ3n) is 6.26. The van der Waals surface area contributed by atoms with Crippen molar-refractivity contribution in [3.63, 3.8) is 0 Å². The molecular weight excluding hydrogens is 497 g/mol. The van der Waals surface area contributed by atoms with Crippen molar-refractivity contribution in [2.45, 2.75) is 10.9 Å². The molecule has 1 aliphatic rings. The quantitative estimate of drug-likeness (QED) is 0.420. The van der Waals surface area contributed by atoms with Crippen molar-refractivity contribution in [3.8, 4) is 0 Å². The van der Waals surface area contributed by atoms with Crippen molar-refractivity contribution in [3.05, 3.63) is 83.7 Å². The number of piperazine rings is 1. The summed E-state index contributed by atoms with van der Waals surface area (Å²) in [6.45, 7) is 1.24. The second-order valence-electron chi connectivity index (χ2n) is 8.86. The van der Waals surface area contributed by atoms with Crippen LogP contribution >= 0.6 is 0 Å².